The summed E-state index contributed by atoms with van der Waals surface area (Å²) in [6.45, 7) is 2.17. The van der Waals surface area contributed by atoms with Crippen molar-refractivity contribution < 1.29 is 4.74 Å². The van der Waals surface area contributed by atoms with Crippen LogP contribution < -0.4 is 10.2 Å². The van der Waals surface area contributed by atoms with Gasteiger partial charge in [0.15, 0.2) is 0 Å². The number of benzene rings is 2. The zero-order chi connectivity index (χ0) is 16.1. The molecule has 5 heteroatoms. The standard InChI is InChI=1S/C18H15N3OS/c1-3-10-22-17-9-8-14-6-4-5-7-15(14)16(17)11-19-21-18-20-13(2)12-23-18/h1,4-9,11-12H,10H2,2H3,(H,20,21). The Hall–Kier alpha value is -2.84. The van der Waals surface area contributed by atoms with Crippen LogP contribution >= 0.6 is 11.3 Å². The number of hydrogen-bond donors (Lipinski definition) is 1. The van der Waals surface area contributed by atoms with Crippen LogP contribution in [0.3, 0.4) is 0 Å². The Morgan fingerprint density at radius 1 is 1.35 bits per heavy atom. The molecule has 0 aliphatic heterocycles. The van der Waals surface area contributed by atoms with Crippen LogP contribution in [0.15, 0.2) is 46.9 Å². The van der Waals surface area contributed by atoms with Crippen molar-refractivity contribution in [2.24, 2.45) is 5.10 Å². The molecule has 23 heavy (non-hydrogen) atoms. The van der Waals surface area contributed by atoms with Gasteiger partial charge in [0.2, 0.25) is 5.13 Å². The molecule has 0 atom stereocenters. The van der Waals surface area contributed by atoms with E-state index in [1.54, 1.807) is 6.21 Å². The normalized spacial score (nSPS) is 10.8. The molecule has 114 valence electrons. The summed E-state index contributed by atoms with van der Waals surface area (Å²) >= 11 is 1.51. The second-order valence-corrected chi connectivity index (χ2v) is 5.71. The van der Waals surface area contributed by atoms with Crippen LogP contribution in [0.25, 0.3) is 10.8 Å². The number of nitrogens with zero attached hydrogens (tertiary/aromatic N) is 2. The largest absolute Gasteiger partial charge is 0.480 e. The van der Waals surface area contributed by atoms with E-state index in [0.29, 0.717) is 5.75 Å². The van der Waals surface area contributed by atoms with Crippen LogP contribution in [0.5, 0.6) is 5.75 Å². The molecule has 0 aliphatic rings. The summed E-state index contributed by atoms with van der Waals surface area (Å²) in [7, 11) is 0. The maximum atomic E-state index is 5.63. The molecule has 1 aromatic heterocycles. The minimum Gasteiger partial charge on any atom is -0.480 e. The highest BCUT2D eigenvalue weighted by molar-refractivity contribution is 7.13. The lowest BCUT2D eigenvalue weighted by atomic mass is 10.0. The SMILES string of the molecule is C#CCOc1ccc2ccccc2c1C=NNc1nc(C)cs1. The molecule has 2 aromatic carbocycles. The summed E-state index contributed by atoms with van der Waals surface area (Å²) < 4.78 is 5.63. The van der Waals surface area contributed by atoms with E-state index in [2.05, 4.69) is 27.5 Å². The van der Waals surface area contributed by atoms with Crippen LogP contribution in [0, 0.1) is 19.3 Å². The van der Waals surface area contributed by atoms with Gasteiger partial charge in [-0.3, -0.25) is 5.43 Å². The van der Waals surface area contributed by atoms with Crippen molar-refractivity contribution >= 4 is 33.5 Å². The molecular weight excluding hydrogens is 306 g/mol. The summed E-state index contributed by atoms with van der Waals surface area (Å²) in [6, 6.07) is 12.0. The van der Waals surface area contributed by atoms with Gasteiger partial charge in [0.05, 0.1) is 11.9 Å². The van der Waals surface area contributed by atoms with Crippen molar-refractivity contribution in [3.05, 3.63) is 53.0 Å². The topological polar surface area (TPSA) is 46.5 Å². The van der Waals surface area contributed by atoms with E-state index in [-0.39, 0.29) is 6.61 Å². The lowest BCUT2D eigenvalue weighted by Crippen LogP contribution is -1.99. The van der Waals surface area contributed by atoms with Crippen molar-refractivity contribution in [3.8, 4) is 18.1 Å². The Morgan fingerprint density at radius 3 is 3.00 bits per heavy atom. The van der Waals surface area contributed by atoms with Crippen molar-refractivity contribution in [2.75, 3.05) is 12.0 Å². The van der Waals surface area contributed by atoms with Gasteiger partial charge in [0, 0.05) is 10.9 Å². The van der Waals surface area contributed by atoms with Crippen molar-refractivity contribution in [1.82, 2.24) is 4.98 Å². The summed E-state index contributed by atoms with van der Waals surface area (Å²) in [5.41, 5.74) is 4.80. The summed E-state index contributed by atoms with van der Waals surface area (Å²) in [5, 5.41) is 9.19. The first-order valence-corrected chi connectivity index (χ1v) is 7.95. The highest BCUT2D eigenvalue weighted by Gasteiger charge is 2.07. The Morgan fingerprint density at radius 2 is 2.22 bits per heavy atom. The Labute approximate surface area is 138 Å². The number of hydrogen-bond acceptors (Lipinski definition) is 5. The van der Waals surface area contributed by atoms with Crippen molar-refractivity contribution in [2.45, 2.75) is 6.92 Å². The maximum absolute atomic E-state index is 5.63. The number of fused-ring (bicyclic) bond motifs is 1. The van der Waals surface area contributed by atoms with Gasteiger partial charge >= 0.3 is 0 Å². The number of aryl methyl sites for hydroxylation is 1. The molecule has 0 spiro atoms. The fourth-order valence-electron chi connectivity index (χ4n) is 2.21. The number of aromatic nitrogens is 1. The van der Waals surface area contributed by atoms with E-state index in [1.807, 2.05) is 42.6 Å². The zero-order valence-corrected chi connectivity index (χ0v) is 13.4. The molecule has 1 N–H and O–H groups in total. The molecule has 4 nitrogen and oxygen atoms in total. The molecule has 1 heterocycles. The number of nitrogens with one attached hydrogen (secondary N) is 1. The molecule has 0 saturated carbocycles. The summed E-state index contributed by atoms with van der Waals surface area (Å²) in [4.78, 5) is 4.31. The molecule has 0 amide bonds. The highest BCUT2D eigenvalue weighted by atomic mass is 32.1. The Bertz CT molecular complexity index is 893. The van der Waals surface area contributed by atoms with Crippen LogP contribution in [0.4, 0.5) is 5.13 Å². The van der Waals surface area contributed by atoms with Crippen LogP contribution in [-0.2, 0) is 0 Å². The van der Waals surface area contributed by atoms with E-state index in [9.17, 15) is 0 Å². The molecule has 0 unspecified atom stereocenters. The predicted octanol–water partition coefficient (Wildman–Crippen LogP) is 4.06. The van der Waals surface area contributed by atoms with Gasteiger partial charge in [-0.1, -0.05) is 36.3 Å². The predicted molar refractivity (Wildman–Crippen MR) is 96.3 cm³/mol. The van der Waals surface area contributed by atoms with E-state index < -0.39 is 0 Å². The quantitative estimate of drug-likeness (QED) is 0.438. The number of hydrazone groups is 1. The molecule has 3 aromatic rings. The average molecular weight is 321 g/mol. The number of rotatable bonds is 5. The van der Waals surface area contributed by atoms with Crippen LogP contribution in [-0.4, -0.2) is 17.8 Å². The van der Waals surface area contributed by atoms with E-state index in [1.165, 1.54) is 11.3 Å². The van der Waals surface area contributed by atoms with Crippen molar-refractivity contribution in [1.29, 1.82) is 0 Å². The van der Waals surface area contributed by atoms with E-state index in [0.717, 1.165) is 27.2 Å². The number of terminal acetylenes is 1. The first-order chi connectivity index (χ1) is 11.3. The lowest BCUT2D eigenvalue weighted by Gasteiger charge is -2.09. The van der Waals surface area contributed by atoms with Gasteiger partial charge in [-0.15, -0.1) is 17.8 Å². The molecule has 0 radical (unpaired) electrons. The molecule has 0 aliphatic carbocycles. The smallest absolute Gasteiger partial charge is 0.203 e. The summed E-state index contributed by atoms with van der Waals surface area (Å²) in [5.74, 6) is 3.20. The fraction of sp³-hybridized carbons (Fsp3) is 0.111. The van der Waals surface area contributed by atoms with Crippen molar-refractivity contribution in [3.63, 3.8) is 0 Å². The van der Waals surface area contributed by atoms with Gasteiger partial charge in [0.25, 0.3) is 0 Å². The Kier molecular flexibility index (Phi) is 4.55. The first kappa shape index (κ1) is 15.1. The van der Waals surface area contributed by atoms with Crippen LogP contribution in [0.2, 0.25) is 0 Å². The Balaban J connectivity index is 1.94. The second-order valence-electron chi connectivity index (χ2n) is 4.86. The third-order valence-electron chi connectivity index (χ3n) is 3.21. The van der Waals surface area contributed by atoms with Gasteiger partial charge in [-0.2, -0.15) is 5.10 Å². The van der Waals surface area contributed by atoms with Gasteiger partial charge in [-0.25, -0.2) is 4.98 Å². The molecule has 0 saturated heterocycles. The van der Waals surface area contributed by atoms with E-state index >= 15 is 0 Å². The second kappa shape index (κ2) is 6.95. The third-order valence-corrected chi connectivity index (χ3v) is 4.08. The first-order valence-electron chi connectivity index (χ1n) is 7.07. The van der Waals surface area contributed by atoms with Gasteiger partial charge in [-0.05, 0) is 23.8 Å². The van der Waals surface area contributed by atoms with Gasteiger partial charge in [0.1, 0.15) is 12.4 Å². The van der Waals surface area contributed by atoms with Gasteiger partial charge < -0.3 is 4.74 Å². The maximum Gasteiger partial charge on any atom is 0.203 e. The number of thiazole rings is 1. The molecule has 0 bridgehead atoms. The van der Waals surface area contributed by atoms with Crippen LogP contribution in [0.1, 0.15) is 11.3 Å². The lowest BCUT2D eigenvalue weighted by molar-refractivity contribution is 0.370. The average Bonchev–Trinajstić information content (AvgIpc) is 2.99. The number of ether oxygens (including phenoxy) is 1. The minimum atomic E-state index is 0.221. The fourth-order valence-corrected chi connectivity index (χ4v) is 2.85. The highest BCUT2D eigenvalue weighted by Crippen LogP contribution is 2.26. The molecular formula is C18H15N3OS. The third kappa shape index (κ3) is 3.50. The van der Waals surface area contributed by atoms with E-state index in [4.69, 9.17) is 11.2 Å². The monoisotopic (exact) mass is 321 g/mol. The number of anilines is 1. The summed E-state index contributed by atoms with van der Waals surface area (Å²) in [6.07, 6.45) is 7.03. The molecule has 0 fully saturated rings. The molecule has 3 rings (SSSR count). The zero-order valence-electron chi connectivity index (χ0n) is 12.6. The minimum absolute atomic E-state index is 0.221.